The highest BCUT2D eigenvalue weighted by Gasteiger charge is 2.12. The molecule has 1 rings (SSSR count). The third-order valence-corrected chi connectivity index (χ3v) is 3.73. The summed E-state index contributed by atoms with van der Waals surface area (Å²) in [6.45, 7) is 1.31. The molecule has 1 amide bonds. The number of methoxy groups -OCH3 is 1. The van der Waals surface area contributed by atoms with E-state index >= 15 is 0 Å². The van der Waals surface area contributed by atoms with Crippen LogP contribution in [0.15, 0.2) is 0 Å². The fourth-order valence-corrected chi connectivity index (χ4v) is 2.33. The lowest BCUT2D eigenvalue weighted by atomic mass is 10.3. The van der Waals surface area contributed by atoms with E-state index in [1.54, 1.807) is 37.4 Å². The van der Waals surface area contributed by atoms with Crippen molar-refractivity contribution in [1.82, 2.24) is 15.2 Å². The monoisotopic (exact) mass is 286 g/mol. The van der Waals surface area contributed by atoms with Crippen molar-refractivity contribution in [1.29, 1.82) is 0 Å². The zero-order valence-corrected chi connectivity index (χ0v) is 13.0. The second-order valence-corrected chi connectivity index (χ2v) is 5.60. The summed E-state index contributed by atoms with van der Waals surface area (Å²) in [4.78, 5) is 20.4. The van der Waals surface area contributed by atoms with Crippen molar-refractivity contribution in [3.05, 3.63) is 4.88 Å². The quantitative estimate of drug-likeness (QED) is 0.751. The third-order valence-electron chi connectivity index (χ3n) is 2.53. The maximum atomic E-state index is 11.4. The standard InChI is InChI=1S/C12H22N4O2S/c1-15(2)10(17)6-7-13-8-9-11(18-5)14-12(19-9)16(3)4/h13H,6-8H2,1-5H3. The molecule has 0 spiro atoms. The van der Waals surface area contributed by atoms with Gasteiger partial charge in [0, 0.05) is 47.7 Å². The molecule has 1 aromatic heterocycles. The summed E-state index contributed by atoms with van der Waals surface area (Å²) in [5, 5.41) is 4.15. The minimum atomic E-state index is 0.123. The van der Waals surface area contributed by atoms with Crippen LogP contribution in [0, 0.1) is 0 Å². The Morgan fingerprint density at radius 3 is 2.58 bits per heavy atom. The summed E-state index contributed by atoms with van der Waals surface area (Å²) < 4.78 is 5.25. The Balaban J connectivity index is 2.46. The van der Waals surface area contributed by atoms with Crippen LogP contribution >= 0.6 is 11.3 Å². The largest absolute Gasteiger partial charge is 0.480 e. The molecule has 1 heterocycles. The molecule has 6 nitrogen and oxygen atoms in total. The van der Waals surface area contributed by atoms with Gasteiger partial charge < -0.3 is 19.9 Å². The molecule has 1 N–H and O–H groups in total. The molecule has 0 bridgehead atoms. The third kappa shape index (κ3) is 4.68. The van der Waals surface area contributed by atoms with Gasteiger partial charge in [0.25, 0.3) is 0 Å². The lowest BCUT2D eigenvalue weighted by molar-refractivity contribution is -0.128. The molecule has 0 atom stereocenters. The minimum absolute atomic E-state index is 0.123. The van der Waals surface area contributed by atoms with Gasteiger partial charge in [-0.2, -0.15) is 4.98 Å². The Kier molecular flexibility index (Phi) is 6.04. The minimum Gasteiger partial charge on any atom is -0.480 e. The number of rotatable bonds is 7. The second-order valence-electron chi connectivity index (χ2n) is 4.54. The average molecular weight is 286 g/mol. The van der Waals surface area contributed by atoms with Crippen LogP contribution < -0.4 is 15.0 Å². The van der Waals surface area contributed by atoms with Gasteiger partial charge in [0.2, 0.25) is 11.8 Å². The number of ether oxygens (including phenoxy) is 1. The highest BCUT2D eigenvalue weighted by molar-refractivity contribution is 7.15. The summed E-state index contributed by atoms with van der Waals surface area (Å²) in [6.07, 6.45) is 0.495. The molecule has 0 radical (unpaired) electrons. The van der Waals surface area contributed by atoms with Crippen LogP contribution in [0.5, 0.6) is 5.88 Å². The number of aromatic nitrogens is 1. The van der Waals surface area contributed by atoms with Crippen LogP contribution in [0.1, 0.15) is 11.3 Å². The molecule has 0 aliphatic carbocycles. The first-order valence-electron chi connectivity index (χ1n) is 6.07. The molecule has 108 valence electrons. The number of nitrogens with zero attached hydrogens (tertiary/aromatic N) is 3. The molecule has 0 fully saturated rings. The lowest BCUT2D eigenvalue weighted by Gasteiger charge is -2.10. The summed E-state index contributed by atoms with van der Waals surface area (Å²) in [5.41, 5.74) is 0. The highest BCUT2D eigenvalue weighted by atomic mass is 32.1. The van der Waals surface area contributed by atoms with E-state index in [1.165, 1.54) is 0 Å². The first-order chi connectivity index (χ1) is 8.95. The Labute approximate surface area is 118 Å². The van der Waals surface area contributed by atoms with Gasteiger partial charge in [0.15, 0.2) is 5.13 Å². The number of nitrogens with one attached hydrogen (secondary N) is 1. The molecule has 7 heteroatoms. The molecule has 1 aromatic rings. The van der Waals surface area contributed by atoms with Crippen molar-refractivity contribution in [2.75, 3.05) is 46.7 Å². The Morgan fingerprint density at radius 1 is 1.37 bits per heavy atom. The van der Waals surface area contributed by atoms with Gasteiger partial charge in [-0.1, -0.05) is 11.3 Å². The number of hydrogen-bond donors (Lipinski definition) is 1. The molecule has 0 aromatic carbocycles. The van der Waals surface area contributed by atoms with Crippen LogP contribution in [-0.2, 0) is 11.3 Å². The summed E-state index contributed by atoms with van der Waals surface area (Å²) in [5.74, 6) is 0.776. The van der Waals surface area contributed by atoms with E-state index in [-0.39, 0.29) is 5.91 Å². The van der Waals surface area contributed by atoms with Gasteiger partial charge in [-0.05, 0) is 0 Å². The molecule has 0 aliphatic heterocycles. The van der Waals surface area contributed by atoms with Gasteiger partial charge in [-0.15, -0.1) is 0 Å². The van der Waals surface area contributed by atoms with Crippen molar-refractivity contribution < 1.29 is 9.53 Å². The van der Waals surface area contributed by atoms with Gasteiger partial charge in [-0.25, -0.2) is 0 Å². The van der Waals surface area contributed by atoms with Crippen molar-refractivity contribution >= 4 is 22.4 Å². The first kappa shape index (κ1) is 15.7. The Hall–Kier alpha value is -1.34. The molecule has 0 saturated heterocycles. The topological polar surface area (TPSA) is 57.7 Å². The molecule has 0 unspecified atom stereocenters. The fraction of sp³-hybridized carbons (Fsp3) is 0.667. The van der Waals surface area contributed by atoms with Crippen molar-refractivity contribution in [3.8, 4) is 5.88 Å². The van der Waals surface area contributed by atoms with Crippen LogP contribution in [0.25, 0.3) is 0 Å². The number of amides is 1. The van der Waals surface area contributed by atoms with E-state index in [9.17, 15) is 4.79 Å². The molecule has 0 saturated carbocycles. The average Bonchev–Trinajstić information content (AvgIpc) is 2.77. The van der Waals surface area contributed by atoms with Gasteiger partial charge >= 0.3 is 0 Å². The van der Waals surface area contributed by atoms with E-state index in [1.807, 2.05) is 19.0 Å². The smallest absolute Gasteiger partial charge is 0.230 e. The summed E-state index contributed by atoms with van der Waals surface area (Å²) in [6, 6.07) is 0. The van der Waals surface area contributed by atoms with Gasteiger partial charge in [-0.3, -0.25) is 4.79 Å². The highest BCUT2D eigenvalue weighted by Crippen LogP contribution is 2.30. The van der Waals surface area contributed by atoms with E-state index in [0.717, 1.165) is 10.0 Å². The van der Waals surface area contributed by atoms with Crippen LogP contribution in [-0.4, -0.2) is 57.6 Å². The lowest BCUT2D eigenvalue weighted by Crippen LogP contribution is -2.26. The molecular formula is C12H22N4O2S. The zero-order valence-electron chi connectivity index (χ0n) is 12.2. The Morgan fingerprint density at radius 2 is 2.05 bits per heavy atom. The molecule has 0 aliphatic rings. The van der Waals surface area contributed by atoms with Crippen molar-refractivity contribution in [2.24, 2.45) is 0 Å². The van der Waals surface area contributed by atoms with E-state index in [2.05, 4.69) is 10.3 Å². The number of thiazole rings is 1. The normalized spacial score (nSPS) is 10.4. The predicted molar refractivity (Wildman–Crippen MR) is 78.0 cm³/mol. The SMILES string of the molecule is COc1nc(N(C)C)sc1CNCCC(=O)N(C)C. The zero-order chi connectivity index (χ0) is 14.4. The summed E-state index contributed by atoms with van der Waals surface area (Å²) in [7, 11) is 9.04. The first-order valence-corrected chi connectivity index (χ1v) is 6.89. The van der Waals surface area contributed by atoms with Crippen LogP contribution in [0.3, 0.4) is 0 Å². The Bertz CT molecular complexity index is 418. The summed E-state index contributed by atoms with van der Waals surface area (Å²) >= 11 is 1.59. The van der Waals surface area contributed by atoms with E-state index in [4.69, 9.17) is 4.74 Å². The molecular weight excluding hydrogens is 264 g/mol. The number of hydrogen-bond acceptors (Lipinski definition) is 6. The second kappa shape index (κ2) is 7.30. The maximum absolute atomic E-state index is 11.4. The maximum Gasteiger partial charge on any atom is 0.230 e. The molecule has 19 heavy (non-hydrogen) atoms. The van der Waals surface area contributed by atoms with E-state index in [0.29, 0.717) is 25.4 Å². The predicted octanol–water partition coefficient (Wildman–Crippen LogP) is 0.786. The van der Waals surface area contributed by atoms with Gasteiger partial charge in [0.1, 0.15) is 0 Å². The van der Waals surface area contributed by atoms with Crippen LogP contribution in [0.4, 0.5) is 5.13 Å². The van der Waals surface area contributed by atoms with Crippen molar-refractivity contribution in [3.63, 3.8) is 0 Å². The number of carbonyl (C=O) groups is 1. The number of anilines is 1. The number of carbonyl (C=O) groups excluding carboxylic acids is 1. The van der Waals surface area contributed by atoms with Crippen molar-refractivity contribution in [2.45, 2.75) is 13.0 Å². The fourth-order valence-electron chi connectivity index (χ4n) is 1.41. The van der Waals surface area contributed by atoms with E-state index < -0.39 is 0 Å². The van der Waals surface area contributed by atoms with Crippen LogP contribution in [0.2, 0.25) is 0 Å². The van der Waals surface area contributed by atoms with Gasteiger partial charge in [0.05, 0.1) is 12.0 Å².